The van der Waals surface area contributed by atoms with Gasteiger partial charge in [0, 0.05) is 30.4 Å². The number of piperidine rings is 1. The summed E-state index contributed by atoms with van der Waals surface area (Å²) in [5.41, 5.74) is 2.30. The molecule has 2 aliphatic rings. The maximum atomic E-state index is 13.3. The van der Waals surface area contributed by atoms with Crippen LogP contribution >= 0.6 is 15.9 Å². The van der Waals surface area contributed by atoms with E-state index < -0.39 is 32.9 Å². The number of aryl methyl sites for hydroxylation is 1. The first-order valence-corrected chi connectivity index (χ1v) is 11.6. The summed E-state index contributed by atoms with van der Waals surface area (Å²) in [5.74, 6) is -0.680. The molecule has 1 aliphatic heterocycles. The highest BCUT2D eigenvalue weighted by atomic mass is 79.9. The second-order valence-electron chi connectivity index (χ2n) is 7.72. The molecule has 1 aliphatic carbocycles. The third kappa shape index (κ3) is 3.63. The van der Waals surface area contributed by atoms with Crippen molar-refractivity contribution >= 4 is 31.9 Å². The summed E-state index contributed by atoms with van der Waals surface area (Å²) in [4.78, 5) is 12.4. The van der Waals surface area contributed by atoms with Crippen molar-refractivity contribution in [2.45, 2.75) is 55.5 Å². The highest BCUT2D eigenvalue weighted by Gasteiger charge is 2.61. The molecule has 0 aromatic heterocycles. The van der Waals surface area contributed by atoms with Gasteiger partial charge in [-0.3, -0.25) is 4.79 Å². The van der Waals surface area contributed by atoms with Gasteiger partial charge in [-0.1, -0.05) is 28.1 Å². The fourth-order valence-corrected chi connectivity index (χ4v) is 6.79. The van der Waals surface area contributed by atoms with Gasteiger partial charge in [0.25, 0.3) is 0 Å². The van der Waals surface area contributed by atoms with E-state index in [1.54, 1.807) is 0 Å². The number of hydrogen-bond donors (Lipinski definition) is 2. The number of hydrogen-bond acceptors (Lipinski definition) is 6. The zero-order valence-corrected chi connectivity index (χ0v) is 18.4. The topological polar surface area (TPSA) is 104 Å². The molecule has 3 rings (SSSR count). The van der Waals surface area contributed by atoms with E-state index in [0.29, 0.717) is 12.8 Å². The minimum atomic E-state index is -4.09. The number of aliphatic hydroxyl groups is 2. The molecule has 1 heterocycles. The SMILES string of the molecule is COC(=O)C1(S(=O)(=O)N2CCC(c3ccc(Br)c(C)c3)CC2)CC(O)C(O)C1. The first kappa shape index (κ1) is 21.7. The van der Waals surface area contributed by atoms with Crippen molar-refractivity contribution in [3.63, 3.8) is 0 Å². The Morgan fingerprint density at radius 2 is 1.79 bits per heavy atom. The molecule has 1 saturated carbocycles. The molecule has 28 heavy (non-hydrogen) atoms. The van der Waals surface area contributed by atoms with E-state index in [-0.39, 0.29) is 31.8 Å². The Balaban J connectivity index is 1.80. The Labute approximate surface area is 173 Å². The van der Waals surface area contributed by atoms with Crippen LogP contribution in [-0.4, -0.2) is 66.1 Å². The van der Waals surface area contributed by atoms with Crippen LogP contribution in [0.15, 0.2) is 22.7 Å². The molecular formula is C19H26BrNO6S. The Hall–Kier alpha value is -1.00. The molecule has 9 heteroatoms. The average Bonchev–Trinajstić information content (AvgIpc) is 2.99. The number of carbonyl (C=O) groups excluding carboxylic acids is 1. The number of rotatable bonds is 4. The van der Waals surface area contributed by atoms with E-state index in [2.05, 4.69) is 22.0 Å². The van der Waals surface area contributed by atoms with Crippen molar-refractivity contribution in [3.8, 4) is 0 Å². The number of sulfonamides is 1. The normalized spacial score (nSPS) is 29.8. The highest BCUT2D eigenvalue weighted by molar-refractivity contribution is 9.10. The number of ether oxygens (including phenoxy) is 1. The predicted molar refractivity (Wildman–Crippen MR) is 107 cm³/mol. The van der Waals surface area contributed by atoms with Crippen LogP contribution in [-0.2, 0) is 19.6 Å². The van der Waals surface area contributed by atoms with Crippen molar-refractivity contribution in [3.05, 3.63) is 33.8 Å². The maximum absolute atomic E-state index is 13.3. The molecule has 1 aromatic carbocycles. The number of esters is 1. The predicted octanol–water partition coefficient (Wildman–Crippen LogP) is 1.69. The number of carbonyl (C=O) groups is 1. The van der Waals surface area contributed by atoms with E-state index in [9.17, 15) is 23.4 Å². The van der Waals surface area contributed by atoms with Crippen LogP contribution in [0.5, 0.6) is 0 Å². The second-order valence-corrected chi connectivity index (χ2v) is 10.8. The number of halogens is 1. The van der Waals surface area contributed by atoms with Gasteiger partial charge in [-0.2, -0.15) is 0 Å². The first-order chi connectivity index (χ1) is 13.1. The number of aliphatic hydroxyl groups excluding tert-OH is 2. The van der Waals surface area contributed by atoms with Gasteiger partial charge in [-0.15, -0.1) is 0 Å². The minimum Gasteiger partial charge on any atom is -0.468 e. The molecule has 1 saturated heterocycles. The number of nitrogens with zero attached hydrogens (tertiary/aromatic N) is 1. The molecule has 1 aromatic rings. The van der Waals surface area contributed by atoms with Crippen LogP contribution in [0.4, 0.5) is 0 Å². The fraction of sp³-hybridized carbons (Fsp3) is 0.632. The molecular weight excluding hydrogens is 450 g/mol. The van der Waals surface area contributed by atoms with Crippen LogP contribution in [0.2, 0.25) is 0 Å². The van der Waals surface area contributed by atoms with Crippen molar-refractivity contribution in [1.29, 1.82) is 0 Å². The van der Waals surface area contributed by atoms with Crippen molar-refractivity contribution in [2.75, 3.05) is 20.2 Å². The summed E-state index contributed by atoms with van der Waals surface area (Å²) in [7, 11) is -2.97. The summed E-state index contributed by atoms with van der Waals surface area (Å²) >= 11 is 3.49. The lowest BCUT2D eigenvalue weighted by atomic mass is 9.89. The van der Waals surface area contributed by atoms with Gasteiger partial charge in [0.05, 0.1) is 19.3 Å². The van der Waals surface area contributed by atoms with Gasteiger partial charge in [0.2, 0.25) is 10.0 Å². The maximum Gasteiger partial charge on any atom is 0.328 e. The van der Waals surface area contributed by atoms with Crippen LogP contribution < -0.4 is 0 Å². The first-order valence-electron chi connectivity index (χ1n) is 9.32. The Morgan fingerprint density at radius 1 is 1.21 bits per heavy atom. The van der Waals surface area contributed by atoms with Gasteiger partial charge in [0.1, 0.15) is 0 Å². The third-order valence-corrected chi connectivity index (χ3v) is 9.44. The summed E-state index contributed by atoms with van der Waals surface area (Å²) in [5, 5.41) is 19.9. The molecule has 156 valence electrons. The summed E-state index contributed by atoms with van der Waals surface area (Å²) in [6.45, 7) is 2.59. The summed E-state index contributed by atoms with van der Waals surface area (Å²) in [6.07, 6.45) is -1.95. The largest absolute Gasteiger partial charge is 0.468 e. The molecule has 0 amide bonds. The fourth-order valence-electron chi connectivity index (χ4n) is 4.30. The quantitative estimate of drug-likeness (QED) is 0.642. The number of benzene rings is 1. The van der Waals surface area contributed by atoms with Gasteiger partial charge in [-0.05, 0) is 42.9 Å². The molecule has 0 radical (unpaired) electrons. The molecule has 0 spiro atoms. The zero-order chi connectivity index (χ0) is 20.7. The van der Waals surface area contributed by atoms with Crippen LogP contribution in [0.3, 0.4) is 0 Å². The number of methoxy groups -OCH3 is 1. The lowest BCUT2D eigenvalue weighted by Gasteiger charge is -2.37. The smallest absolute Gasteiger partial charge is 0.328 e. The van der Waals surface area contributed by atoms with Crippen molar-refractivity contribution < 1.29 is 28.2 Å². The van der Waals surface area contributed by atoms with E-state index in [1.165, 1.54) is 9.87 Å². The third-order valence-electron chi connectivity index (χ3n) is 6.02. The van der Waals surface area contributed by atoms with Crippen molar-refractivity contribution in [2.24, 2.45) is 0 Å². The molecule has 7 nitrogen and oxygen atoms in total. The lowest BCUT2D eigenvalue weighted by Crippen LogP contribution is -2.54. The summed E-state index contributed by atoms with van der Waals surface area (Å²) < 4.78 is 31.9. The van der Waals surface area contributed by atoms with Crippen LogP contribution in [0.1, 0.15) is 42.7 Å². The van der Waals surface area contributed by atoms with Gasteiger partial charge in [0.15, 0.2) is 4.75 Å². The molecule has 0 bridgehead atoms. The van der Waals surface area contributed by atoms with E-state index in [4.69, 9.17) is 4.74 Å². The molecule has 2 fully saturated rings. The zero-order valence-electron chi connectivity index (χ0n) is 16.0. The van der Waals surface area contributed by atoms with E-state index in [0.717, 1.165) is 17.1 Å². The Morgan fingerprint density at radius 3 is 2.29 bits per heavy atom. The monoisotopic (exact) mass is 475 g/mol. The van der Waals surface area contributed by atoms with E-state index >= 15 is 0 Å². The Bertz CT molecular complexity index is 840. The Kier molecular flexibility index (Phi) is 6.22. The molecule has 2 atom stereocenters. The standard InChI is InChI=1S/C19H26BrNO6S/c1-12-9-14(3-4-15(12)20)13-5-7-21(8-6-13)28(25,26)19(18(24)27-2)10-16(22)17(23)11-19/h3-4,9,13,16-17,22-23H,5-8,10-11H2,1-2H3. The highest BCUT2D eigenvalue weighted by Crippen LogP contribution is 2.42. The van der Waals surface area contributed by atoms with Crippen LogP contribution in [0, 0.1) is 6.92 Å². The summed E-state index contributed by atoms with van der Waals surface area (Å²) in [6, 6.07) is 6.16. The van der Waals surface area contributed by atoms with Gasteiger partial charge in [-0.25, -0.2) is 12.7 Å². The van der Waals surface area contributed by atoms with E-state index in [1.807, 2.05) is 19.1 Å². The van der Waals surface area contributed by atoms with Crippen LogP contribution in [0.25, 0.3) is 0 Å². The van der Waals surface area contributed by atoms with Gasteiger partial charge >= 0.3 is 5.97 Å². The average molecular weight is 476 g/mol. The molecule has 2 unspecified atom stereocenters. The second kappa shape index (κ2) is 8.02. The van der Waals surface area contributed by atoms with Gasteiger partial charge < -0.3 is 14.9 Å². The molecule has 2 N–H and O–H groups in total. The minimum absolute atomic E-state index is 0.243. The lowest BCUT2D eigenvalue weighted by molar-refractivity contribution is -0.144. The van der Waals surface area contributed by atoms with Crippen molar-refractivity contribution in [1.82, 2.24) is 4.31 Å².